The van der Waals surface area contributed by atoms with E-state index in [1.54, 1.807) is 19.2 Å². The number of ketones is 1. The van der Waals surface area contributed by atoms with Crippen molar-refractivity contribution < 1.29 is 9.53 Å². The fourth-order valence-electron chi connectivity index (χ4n) is 1.90. The number of benzene rings is 2. The summed E-state index contributed by atoms with van der Waals surface area (Å²) in [6.07, 6.45) is 0.252. The van der Waals surface area contributed by atoms with E-state index in [9.17, 15) is 4.79 Å². The van der Waals surface area contributed by atoms with Gasteiger partial charge in [-0.1, -0.05) is 49.0 Å². The van der Waals surface area contributed by atoms with Crippen LogP contribution < -0.4 is 10.1 Å². The van der Waals surface area contributed by atoms with Gasteiger partial charge in [0, 0.05) is 11.3 Å². The summed E-state index contributed by atoms with van der Waals surface area (Å²) in [5.74, 6) is 0.763. The number of ether oxygens (including phenoxy) is 1. The number of Topliss-reactive ketones (excluding diaryl/α,β-unsaturated/α-hetero) is 1. The Morgan fingerprint density at radius 3 is 2.45 bits per heavy atom. The molecule has 0 aliphatic rings. The minimum atomic E-state index is 0.0398. The molecular weight excluding hydrogens is 250 g/mol. The maximum atomic E-state index is 12.1. The molecule has 2 aromatic rings. The Balaban J connectivity index is 2.01. The third-order valence-electron chi connectivity index (χ3n) is 2.89. The first-order valence-electron chi connectivity index (χ1n) is 6.37. The van der Waals surface area contributed by atoms with E-state index in [1.165, 1.54) is 0 Å². The molecule has 2 aromatic carbocycles. The van der Waals surface area contributed by atoms with Gasteiger partial charge in [-0.2, -0.15) is 0 Å². The molecule has 1 N–H and O–H groups in total. The molecule has 0 saturated carbocycles. The maximum absolute atomic E-state index is 12.1. The Morgan fingerprint density at radius 2 is 1.75 bits per heavy atom. The van der Waals surface area contributed by atoms with Crippen molar-refractivity contribution >= 4 is 11.5 Å². The third kappa shape index (κ3) is 3.48. The average Bonchev–Trinajstić information content (AvgIpc) is 2.48. The number of para-hydroxylation sites is 2. The van der Waals surface area contributed by atoms with Gasteiger partial charge in [0.15, 0.2) is 5.78 Å². The van der Waals surface area contributed by atoms with Gasteiger partial charge in [0.1, 0.15) is 5.75 Å². The highest BCUT2D eigenvalue weighted by Gasteiger charge is 2.09. The van der Waals surface area contributed by atoms with E-state index >= 15 is 0 Å². The Morgan fingerprint density at radius 1 is 1.10 bits per heavy atom. The van der Waals surface area contributed by atoms with Crippen LogP contribution >= 0.6 is 0 Å². The van der Waals surface area contributed by atoms with E-state index < -0.39 is 0 Å². The van der Waals surface area contributed by atoms with Gasteiger partial charge in [-0.25, -0.2) is 0 Å². The lowest BCUT2D eigenvalue weighted by atomic mass is 10.1. The summed E-state index contributed by atoms with van der Waals surface area (Å²) in [7, 11) is 1.61. The topological polar surface area (TPSA) is 38.3 Å². The van der Waals surface area contributed by atoms with E-state index in [4.69, 9.17) is 4.74 Å². The first-order chi connectivity index (χ1) is 9.70. The van der Waals surface area contributed by atoms with Crippen molar-refractivity contribution in [2.24, 2.45) is 0 Å². The molecule has 0 bridgehead atoms. The fraction of sp³-hybridized carbons (Fsp3) is 0.118. The highest BCUT2D eigenvalue weighted by atomic mass is 16.5. The average molecular weight is 267 g/mol. The Labute approximate surface area is 118 Å². The van der Waals surface area contributed by atoms with Crippen molar-refractivity contribution in [3.05, 3.63) is 72.4 Å². The summed E-state index contributed by atoms with van der Waals surface area (Å²) < 4.78 is 5.25. The number of methoxy groups -OCH3 is 1. The molecule has 0 aliphatic heterocycles. The second-order valence-corrected chi connectivity index (χ2v) is 4.39. The largest absolute Gasteiger partial charge is 0.495 e. The molecule has 102 valence electrons. The van der Waals surface area contributed by atoms with E-state index in [0.29, 0.717) is 11.3 Å². The van der Waals surface area contributed by atoms with Gasteiger partial charge in [0.2, 0.25) is 0 Å². The van der Waals surface area contributed by atoms with E-state index in [0.717, 1.165) is 11.4 Å². The minimum absolute atomic E-state index is 0.0398. The van der Waals surface area contributed by atoms with Gasteiger partial charge in [-0.3, -0.25) is 4.79 Å². The van der Waals surface area contributed by atoms with Gasteiger partial charge in [-0.05, 0) is 12.1 Å². The summed E-state index contributed by atoms with van der Waals surface area (Å²) in [6, 6.07) is 16.7. The highest BCUT2D eigenvalue weighted by molar-refractivity contribution is 5.97. The molecule has 0 heterocycles. The normalized spacial score (nSPS) is 9.85. The summed E-state index contributed by atoms with van der Waals surface area (Å²) in [5, 5.41) is 3.12. The molecule has 0 unspecified atom stereocenters. The molecule has 0 amide bonds. The van der Waals surface area contributed by atoms with Crippen LogP contribution in [0.1, 0.15) is 16.8 Å². The number of anilines is 1. The first kappa shape index (κ1) is 13.9. The van der Waals surface area contributed by atoms with Crippen molar-refractivity contribution in [3.63, 3.8) is 0 Å². The molecular formula is C17H17NO2. The van der Waals surface area contributed by atoms with Crippen LogP contribution in [0.3, 0.4) is 0 Å². The summed E-state index contributed by atoms with van der Waals surface area (Å²) in [6.45, 7) is 3.90. The number of hydrogen-bond donors (Lipinski definition) is 1. The lowest BCUT2D eigenvalue weighted by molar-refractivity contribution is 0.0993. The quantitative estimate of drug-likeness (QED) is 0.807. The Hall–Kier alpha value is -2.55. The molecule has 2 rings (SSSR count). The molecule has 0 fully saturated rings. The molecule has 0 radical (unpaired) electrons. The predicted octanol–water partition coefficient (Wildman–Crippen LogP) is 3.89. The molecule has 3 heteroatoms. The summed E-state index contributed by atoms with van der Waals surface area (Å²) in [4.78, 5) is 12.1. The van der Waals surface area contributed by atoms with Gasteiger partial charge >= 0.3 is 0 Å². The fourth-order valence-corrected chi connectivity index (χ4v) is 1.90. The molecule has 0 aromatic heterocycles. The summed E-state index contributed by atoms with van der Waals surface area (Å²) >= 11 is 0. The second kappa shape index (κ2) is 6.57. The van der Waals surface area contributed by atoms with Gasteiger partial charge in [0.25, 0.3) is 0 Å². The van der Waals surface area contributed by atoms with E-state index in [2.05, 4.69) is 11.9 Å². The Kier molecular flexibility index (Phi) is 4.56. The number of rotatable bonds is 6. The maximum Gasteiger partial charge on any atom is 0.168 e. The van der Waals surface area contributed by atoms with Crippen molar-refractivity contribution in [2.45, 2.75) is 6.42 Å². The van der Waals surface area contributed by atoms with Crippen LogP contribution in [-0.2, 0) is 0 Å². The zero-order valence-electron chi connectivity index (χ0n) is 11.4. The van der Waals surface area contributed by atoms with Crippen LogP contribution in [0.4, 0.5) is 5.69 Å². The monoisotopic (exact) mass is 267 g/mol. The lowest BCUT2D eigenvalue weighted by Gasteiger charge is -2.12. The molecule has 3 nitrogen and oxygen atoms in total. The van der Waals surface area contributed by atoms with E-state index in [-0.39, 0.29) is 12.2 Å². The zero-order chi connectivity index (χ0) is 14.4. The number of nitrogens with one attached hydrogen (secondary N) is 1. The molecule has 0 aliphatic carbocycles. The van der Waals surface area contributed by atoms with Gasteiger partial charge in [0.05, 0.1) is 19.2 Å². The second-order valence-electron chi connectivity index (χ2n) is 4.39. The van der Waals surface area contributed by atoms with Crippen LogP contribution in [0.25, 0.3) is 0 Å². The first-order valence-corrected chi connectivity index (χ1v) is 6.37. The molecule has 20 heavy (non-hydrogen) atoms. The third-order valence-corrected chi connectivity index (χ3v) is 2.89. The smallest absolute Gasteiger partial charge is 0.168 e. The van der Waals surface area contributed by atoms with Crippen molar-refractivity contribution in [2.75, 3.05) is 12.4 Å². The van der Waals surface area contributed by atoms with Crippen LogP contribution in [0.15, 0.2) is 66.9 Å². The minimum Gasteiger partial charge on any atom is -0.495 e. The number of allylic oxidation sites excluding steroid dienone is 1. The molecule has 0 saturated heterocycles. The number of hydrogen-bond acceptors (Lipinski definition) is 3. The van der Waals surface area contributed by atoms with Crippen molar-refractivity contribution in [1.29, 1.82) is 0 Å². The standard InChI is InChI=1S/C17H17NO2/c1-13(12-16(19)14-8-4-3-5-9-14)18-15-10-6-7-11-17(15)20-2/h3-11,18H,1,12H2,2H3. The Bertz CT molecular complexity index is 605. The van der Waals surface area contributed by atoms with Gasteiger partial charge < -0.3 is 10.1 Å². The van der Waals surface area contributed by atoms with Crippen molar-refractivity contribution in [1.82, 2.24) is 0 Å². The molecule has 0 atom stereocenters. The predicted molar refractivity (Wildman–Crippen MR) is 81.1 cm³/mol. The van der Waals surface area contributed by atoms with Crippen LogP contribution in [-0.4, -0.2) is 12.9 Å². The van der Waals surface area contributed by atoms with Crippen molar-refractivity contribution in [3.8, 4) is 5.75 Å². The lowest BCUT2D eigenvalue weighted by Crippen LogP contribution is -2.07. The molecule has 0 spiro atoms. The zero-order valence-corrected chi connectivity index (χ0v) is 11.4. The van der Waals surface area contributed by atoms with Crippen LogP contribution in [0, 0.1) is 0 Å². The van der Waals surface area contributed by atoms with Crippen LogP contribution in [0.5, 0.6) is 5.75 Å². The highest BCUT2D eigenvalue weighted by Crippen LogP contribution is 2.25. The number of carbonyl (C=O) groups is 1. The SMILES string of the molecule is C=C(CC(=O)c1ccccc1)Nc1ccccc1OC. The number of carbonyl (C=O) groups excluding carboxylic acids is 1. The summed E-state index contributed by atoms with van der Waals surface area (Å²) in [5.41, 5.74) is 2.14. The van der Waals surface area contributed by atoms with Crippen LogP contribution in [0.2, 0.25) is 0 Å². The van der Waals surface area contributed by atoms with E-state index in [1.807, 2.05) is 42.5 Å². The van der Waals surface area contributed by atoms with Gasteiger partial charge in [-0.15, -0.1) is 0 Å².